The number of benzene rings is 1. The van der Waals surface area contributed by atoms with Crippen LogP contribution >= 0.6 is 15.9 Å². The first-order valence-electron chi connectivity index (χ1n) is 7.97. The number of ether oxygens (including phenoxy) is 1. The Morgan fingerprint density at radius 2 is 2.29 bits per heavy atom. The molecule has 0 saturated carbocycles. The van der Waals surface area contributed by atoms with Gasteiger partial charge in [0.05, 0.1) is 6.10 Å². The van der Waals surface area contributed by atoms with E-state index >= 15 is 0 Å². The van der Waals surface area contributed by atoms with Crippen molar-refractivity contribution in [2.45, 2.75) is 45.3 Å². The van der Waals surface area contributed by atoms with E-state index in [1.165, 1.54) is 24.0 Å². The fraction of sp³-hybridized carbons (Fsp3) is 0.647. The molecule has 0 amide bonds. The van der Waals surface area contributed by atoms with Gasteiger partial charge in [0.25, 0.3) is 0 Å². The third-order valence-electron chi connectivity index (χ3n) is 4.15. The molecule has 4 heteroatoms. The molecule has 2 unspecified atom stereocenters. The summed E-state index contributed by atoms with van der Waals surface area (Å²) in [6.07, 6.45) is 3.80. The summed E-state index contributed by atoms with van der Waals surface area (Å²) in [6, 6.07) is 6.81. The highest BCUT2D eigenvalue weighted by atomic mass is 79.9. The highest BCUT2D eigenvalue weighted by molar-refractivity contribution is 9.10. The quantitative estimate of drug-likeness (QED) is 0.847. The first-order valence-corrected chi connectivity index (χ1v) is 8.76. The second-order valence-corrected chi connectivity index (χ2v) is 6.76. The molecule has 1 aliphatic rings. The van der Waals surface area contributed by atoms with Crippen molar-refractivity contribution in [3.8, 4) is 0 Å². The van der Waals surface area contributed by atoms with Crippen LogP contribution in [0.1, 0.15) is 43.4 Å². The molecule has 0 aliphatic carbocycles. The normalized spacial score (nSPS) is 21.4. The molecule has 0 bridgehead atoms. The maximum Gasteiger partial charge on any atom is 0.0702 e. The van der Waals surface area contributed by atoms with Gasteiger partial charge in [-0.15, -0.1) is 0 Å². The Balaban J connectivity index is 2.09. The van der Waals surface area contributed by atoms with Crippen molar-refractivity contribution in [1.82, 2.24) is 4.90 Å². The zero-order chi connectivity index (χ0) is 15.2. The zero-order valence-corrected chi connectivity index (χ0v) is 14.7. The van der Waals surface area contributed by atoms with Gasteiger partial charge in [-0.2, -0.15) is 0 Å². The smallest absolute Gasteiger partial charge is 0.0702 e. The zero-order valence-electron chi connectivity index (χ0n) is 13.1. The van der Waals surface area contributed by atoms with E-state index in [0.717, 1.165) is 30.6 Å². The van der Waals surface area contributed by atoms with Gasteiger partial charge in [0.15, 0.2) is 0 Å². The Bertz CT molecular complexity index is 452. The van der Waals surface area contributed by atoms with Crippen molar-refractivity contribution >= 4 is 15.9 Å². The van der Waals surface area contributed by atoms with Crippen LogP contribution in [0.2, 0.25) is 0 Å². The number of nitrogens with two attached hydrogens (primary N) is 1. The minimum Gasteiger partial charge on any atom is -0.377 e. The molecule has 1 aromatic carbocycles. The molecule has 3 nitrogen and oxygen atoms in total. The number of nitrogens with zero attached hydrogens (tertiary/aromatic N) is 1. The monoisotopic (exact) mass is 354 g/mol. The van der Waals surface area contributed by atoms with E-state index in [9.17, 15) is 0 Å². The van der Waals surface area contributed by atoms with Crippen LogP contribution in [-0.2, 0) is 4.74 Å². The van der Waals surface area contributed by atoms with Crippen LogP contribution in [0.5, 0.6) is 0 Å². The van der Waals surface area contributed by atoms with Crippen LogP contribution in [0, 0.1) is 6.92 Å². The second kappa shape index (κ2) is 8.28. The van der Waals surface area contributed by atoms with Crippen molar-refractivity contribution in [3.05, 3.63) is 33.8 Å². The summed E-state index contributed by atoms with van der Waals surface area (Å²) < 4.78 is 7.11. The Labute approximate surface area is 137 Å². The fourth-order valence-electron chi connectivity index (χ4n) is 3.04. The number of piperidine rings is 1. The summed E-state index contributed by atoms with van der Waals surface area (Å²) in [6.45, 7) is 7.87. The molecular weight excluding hydrogens is 328 g/mol. The molecular formula is C17H27BrN2O. The third kappa shape index (κ3) is 4.52. The lowest BCUT2D eigenvalue weighted by Gasteiger charge is -2.38. The van der Waals surface area contributed by atoms with Crippen LogP contribution < -0.4 is 5.73 Å². The van der Waals surface area contributed by atoms with Gasteiger partial charge in [-0.25, -0.2) is 0 Å². The minimum atomic E-state index is 0.271. The number of hydrogen-bond acceptors (Lipinski definition) is 3. The molecule has 0 aromatic heterocycles. The number of likely N-dealkylation sites (tertiary alicyclic amines) is 1. The average molecular weight is 355 g/mol. The van der Waals surface area contributed by atoms with Gasteiger partial charge >= 0.3 is 0 Å². The Morgan fingerprint density at radius 3 is 2.95 bits per heavy atom. The lowest BCUT2D eigenvalue weighted by Crippen LogP contribution is -2.44. The van der Waals surface area contributed by atoms with Gasteiger partial charge in [-0.1, -0.05) is 35.0 Å². The van der Waals surface area contributed by atoms with Gasteiger partial charge in [-0.3, -0.25) is 4.90 Å². The van der Waals surface area contributed by atoms with Gasteiger partial charge in [-0.05, 0) is 49.9 Å². The lowest BCUT2D eigenvalue weighted by atomic mass is 9.99. The number of aryl methyl sites for hydroxylation is 1. The van der Waals surface area contributed by atoms with E-state index < -0.39 is 0 Å². The number of halogens is 1. The predicted octanol–water partition coefficient (Wildman–Crippen LogP) is 3.65. The number of hydrogen-bond donors (Lipinski definition) is 1. The van der Waals surface area contributed by atoms with Crippen molar-refractivity contribution in [2.75, 3.05) is 26.2 Å². The second-order valence-electron chi connectivity index (χ2n) is 5.91. The first kappa shape index (κ1) is 16.9. The Kier molecular flexibility index (Phi) is 6.68. The van der Waals surface area contributed by atoms with Crippen molar-refractivity contribution < 1.29 is 4.74 Å². The highest BCUT2D eigenvalue weighted by Crippen LogP contribution is 2.30. The van der Waals surface area contributed by atoms with Crippen LogP contribution in [0.15, 0.2) is 22.7 Å². The van der Waals surface area contributed by atoms with Gasteiger partial charge in [0.1, 0.15) is 0 Å². The molecule has 1 aromatic rings. The van der Waals surface area contributed by atoms with E-state index in [1.807, 2.05) is 0 Å². The van der Waals surface area contributed by atoms with E-state index in [2.05, 4.69) is 52.9 Å². The lowest BCUT2D eigenvalue weighted by molar-refractivity contribution is -0.0119. The fourth-order valence-corrected chi connectivity index (χ4v) is 3.80. The van der Waals surface area contributed by atoms with Crippen LogP contribution in [-0.4, -0.2) is 37.2 Å². The highest BCUT2D eigenvalue weighted by Gasteiger charge is 2.27. The molecule has 2 atom stereocenters. The molecule has 118 valence electrons. The summed E-state index contributed by atoms with van der Waals surface area (Å²) in [5.74, 6) is 0. The van der Waals surface area contributed by atoms with Gasteiger partial charge < -0.3 is 10.5 Å². The maximum atomic E-state index is 6.08. The van der Waals surface area contributed by atoms with Crippen molar-refractivity contribution in [2.24, 2.45) is 5.73 Å². The maximum absolute atomic E-state index is 6.08. The molecule has 2 N–H and O–H groups in total. The standard InChI is InChI=1S/C17H27BrN2O/c1-3-9-21-14-5-4-8-20(12-14)17(11-19)15-7-6-13(2)10-16(15)18/h6-7,10,14,17H,3-5,8-9,11-12,19H2,1-2H3. The summed E-state index contributed by atoms with van der Waals surface area (Å²) in [5.41, 5.74) is 8.64. The van der Waals surface area contributed by atoms with E-state index in [0.29, 0.717) is 12.6 Å². The summed E-state index contributed by atoms with van der Waals surface area (Å²) in [5, 5.41) is 0. The molecule has 1 saturated heterocycles. The molecule has 1 fully saturated rings. The van der Waals surface area contributed by atoms with Gasteiger partial charge in [0.2, 0.25) is 0 Å². The Morgan fingerprint density at radius 1 is 1.48 bits per heavy atom. The number of rotatable bonds is 6. The molecule has 21 heavy (non-hydrogen) atoms. The topological polar surface area (TPSA) is 38.5 Å². The SMILES string of the molecule is CCCOC1CCCN(C(CN)c2ccc(C)cc2Br)C1. The molecule has 1 heterocycles. The van der Waals surface area contributed by atoms with Crippen LogP contribution in [0.3, 0.4) is 0 Å². The van der Waals surface area contributed by atoms with Crippen molar-refractivity contribution in [3.63, 3.8) is 0 Å². The molecule has 0 spiro atoms. The molecule has 2 rings (SSSR count). The van der Waals surface area contributed by atoms with E-state index in [4.69, 9.17) is 10.5 Å². The van der Waals surface area contributed by atoms with E-state index in [1.54, 1.807) is 0 Å². The van der Waals surface area contributed by atoms with Gasteiger partial charge in [0, 0.05) is 30.2 Å². The minimum absolute atomic E-state index is 0.271. The first-order chi connectivity index (χ1) is 10.2. The van der Waals surface area contributed by atoms with E-state index in [-0.39, 0.29) is 6.04 Å². The van der Waals surface area contributed by atoms with Crippen LogP contribution in [0.4, 0.5) is 0 Å². The molecule has 0 radical (unpaired) electrons. The Hall–Kier alpha value is -0.420. The summed E-state index contributed by atoms with van der Waals surface area (Å²) >= 11 is 3.70. The predicted molar refractivity (Wildman–Crippen MR) is 91.5 cm³/mol. The summed E-state index contributed by atoms with van der Waals surface area (Å²) in [7, 11) is 0. The molecule has 1 aliphatic heterocycles. The van der Waals surface area contributed by atoms with Crippen LogP contribution in [0.25, 0.3) is 0 Å². The summed E-state index contributed by atoms with van der Waals surface area (Å²) in [4.78, 5) is 2.49. The van der Waals surface area contributed by atoms with Crippen molar-refractivity contribution in [1.29, 1.82) is 0 Å². The third-order valence-corrected chi connectivity index (χ3v) is 4.83. The average Bonchev–Trinajstić information content (AvgIpc) is 2.48. The largest absolute Gasteiger partial charge is 0.377 e.